The first-order valence-electron chi connectivity index (χ1n) is 9.14. The van der Waals surface area contributed by atoms with Crippen LogP contribution < -0.4 is 14.9 Å². The van der Waals surface area contributed by atoms with E-state index in [9.17, 15) is 30.1 Å². The third kappa shape index (κ3) is 3.96. The van der Waals surface area contributed by atoms with E-state index in [1.54, 1.807) is 12.1 Å². The summed E-state index contributed by atoms with van der Waals surface area (Å²) < 4.78 is 11.3. The van der Waals surface area contributed by atoms with E-state index in [4.69, 9.17) is 9.47 Å². The van der Waals surface area contributed by atoms with Gasteiger partial charge >= 0.3 is 5.69 Å². The lowest BCUT2D eigenvalue weighted by Gasteiger charge is -2.25. The molecule has 4 rings (SSSR count). The number of benzene rings is 3. The fourth-order valence-corrected chi connectivity index (χ4v) is 3.09. The van der Waals surface area contributed by atoms with Crippen LogP contribution in [0.2, 0.25) is 0 Å². The minimum Gasteiger partial charge on any atom is -0.502 e. The zero-order valence-electron chi connectivity index (χ0n) is 16.1. The number of phenols is 1. The van der Waals surface area contributed by atoms with E-state index in [0.29, 0.717) is 17.6 Å². The monoisotopic (exact) mass is 438 g/mol. The van der Waals surface area contributed by atoms with E-state index in [2.05, 4.69) is 10.5 Å². The van der Waals surface area contributed by atoms with Crippen LogP contribution in [0.1, 0.15) is 5.56 Å². The van der Waals surface area contributed by atoms with Crippen molar-refractivity contribution in [1.29, 1.82) is 0 Å². The highest BCUT2D eigenvalue weighted by Crippen LogP contribution is 2.36. The summed E-state index contributed by atoms with van der Waals surface area (Å²) in [6, 6.07) is 12.6. The summed E-state index contributed by atoms with van der Waals surface area (Å²) in [4.78, 5) is 32.5. The van der Waals surface area contributed by atoms with Gasteiger partial charge in [-0.1, -0.05) is 24.3 Å². The van der Waals surface area contributed by atoms with E-state index >= 15 is 0 Å². The molecule has 1 heterocycles. The SMILES string of the molecule is O=C(NN=Cc1cc([N+](=O)[O-])cc([N+](=O)[O-])c1O)C1COc2cc3ccccc3cc2O1. The number of hydrogen-bond donors (Lipinski definition) is 2. The van der Waals surface area contributed by atoms with E-state index in [1.807, 2.05) is 24.3 Å². The van der Waals surface area contributed by atoms with Crippen molar-refractivity contribution in [2.24, 2.45) is 5.10 Å². The lowest BCUT2D eigenvalue weighted by Crippen LogP contribution is -2.42. The van der Waals surface area contributed by atoms with Crippen LogP contribution in [-0.4, -0.2) is 39.8 Å². The molecule has 1 aliphatic rings. The number of non-ortho nitro benzene ring substituents is 1. The Morgan fingerprint density at radius 3 is 2.44 bits per heavy atom. The molecule has 0 aliphatic carbocycles. The number of nitro benzene ring substituents is 2. The van der Waals surface area contributed by atoms with Gasteiger partial charge in [-0.25, -0.2) is 5.43 Å². The van der Waals surface area contributed by atoms with Crippen LogP contribution in [0.5, 0.6) is 17.2 Å². The predicted octanol–water partition coefficient (Wildman–Crippen LogP) is 2.65. The number of carbonyl (C=O) groups is 1. The fourth-order valence-electron chi connectivity index (χ4n) is 3.09. The second-order valence-electron chi connectivity index (χ2n) is 6.71. The molecule has 0 spiro atoms. The van der Waals surface area contributed by atoms with Crippen molar-refractivity contribution in [1.82, 2.24) is 5.43 Å². The Bertz CT molecular complexity index is 1290. The zero-order valence-corrected chi connectivity index (χ0v) is 16.1. The number of aromatic hydroxyl groups is 1. The molecule has 12 nitrogen and oxygen atoms in total. The van der Waals surface area contributed by atoms with Gasteiger partial charge in [0, 0.05) is 6.07 Å². The minimum atomic E-state index is -1.03. The number of carbonyl (C=O) groups excluding carboxylic acids is 1. The van der Waals surface area contributed by atoms with Crippen LogP contribution in [-0.2, 0) is 4.79 Å². The van der Waals surface area contributed by atoms with Gasteiger partial charge in [-0.15, -0.1) is 0 Å². The molecule has 1 atom stereocenters. The zero-order chi connectivity index (χ0) is 22.8. The second-order valence-corrected chi connectivity index (χ2v) is 6.71. The van der Waals surface area contributed by atoms with Gasteiger partial charge in [0.15, 0.2) is 11.5 Å². The van der Waals surface area contributed by atoms with Crippen LogP contribution >= 0.6 is 0 Å². The van der Waals surface area contributed by atoms with E-state index in [1.165, 1.54) is 0 Å². The molecule has 3 aromatic rings. The molecule has 0 bridgehead atoms. The fraction of sp³-hybridized carbons (Fsp3) is 0.100. The number of nitrogens with zero attached hydrogens (tertiary/aromatic N) is 3. The van der Waals surface area contributed by atoms with Crippen LogP contribution in [0.25, 0.3) is 10.8 Å². The van der Waals surface area contributed by atoms with E-state index in [-0.39, 0.29) is 12.2 Å². The van der Waals surface area contributed by atoms with E-state index < -0.39 is 39.0 Å². The lowest BCUT2D eigenvalue weighted by atomic mass is 10.1. The van der Waals surface area contributed by atoms with Crippen molar-refractivity contribution in [2.45, 2.75) is 6.10 Å². The first-order chi connectivity index (χ1) is 15.3. The molecule has 12 heteroatoms. The van der Waals surface area contributed by atoms with Gasteiger partial charge in [-0.3, -0.25) is 25.0 Å². The number of rotatable bonds is 5. The maximum Gasteiger partial charge on any atom is 0.318 e. The van der Waals surface area contributed by atoms with Gasteiger partial charge in [0.05, 0.1) is 27.7 Å². The van der Waals surface area contributed by atoms with Crippen molar-refractivity contribution < 1.29 is 29.2 Å². The summed E-state index contributed by atoms with van der Waals surface area (Å²) in [5.41, 5.74) is 0.375. The minimum absolute atomic E-state index is 0.0831. The van der Waals surface area contributed by atoms with Gasteiger partial charge in [0.25, 0.3) is 11.6 Å². The number of ether oxygens (including phenoxy) is 2. The normalized spacial score (nSPS) is 14.9. The molecule has 1 unspecified atom stereocenters. The molecule has 1 aliphatic heterocycles. The molecule has 0 saturated heterocycles. The molecule has 32 heavy (non-hydrogen) atoms. The molecule has 0 radical (unpaired) electrons. The standard InChI is InChI=1S/C20H14N4O8/c25-19-13(5-14(23(27)28)8-15(19)24(29)30)9-21-22-20(26)18-10-31-16-6-11-3-1-2-4-12(11)7-17(16)32-18/h1-9,18,25H,10H2,(H,22,26). The molecule has 162 valence electrons. The molecule has 2 N–H and O–H groups in total. The quantitative estimate of drug-likeness (QED) is 0.348. The Labute approximate surface area is 179 Å². The lowest BCUT2D eigenvalue weighted by molar-refractivity contribution is -0.394. The third-order valence-corrected chi connectivity index (χ3v) is 4.65. The van der Waals surface area contributed by atoms with Gasteiger partial charge in [-0.05, 0) is 22.9 Å². The average Bonchev–Trinajstić information content (AvgIpc) is 2.77. The summed E-state index contributed by atoms with van der Waals surface area (Å²) in [5.74, 6) is -0.632. The van der Waals surface area contributed by atoms with Crippen molar-refractivity contribution in [3.63, 3.8) is 0 Å². The number of nitro groups is 2. The smallest absolute Gasteiger partial charge is 0.318 e. The van der Waals surface area contributed by atoms with Crippen molar-refractivity contribution in [3.05, 3.63) is 74.3 Å². The van der Waals surface area contributed by atoms with Crippen molar-refractivity contribution in [2.75, 3.05) is 6.61 Å². The average molecular weight is 438 g/mol. The summed E-state index contributed by atoms with van der Waals surface area (Å²) in [7, 11) is 0. The van der Waals surface area contributed by atoms with Gasteiger partial charge in [-0.2, -0.15) is 5.10 Å². The van der Waals surface area contributed by atoms with Crippen LogP contribution in [0.15, 0.2) is 53.6 Å². The highest BCUT2D eigenvalue weighted by atomic mass is 16.6. The Hall–Kier alpha value is -4.74. The highest BCUT2D eigenvalue weighted by Gasteiger charge is 2.28. The Morgan fingerprint density at radius 2 is 1.78 bits per heavy atom. The Morgan fingerprint density at radius 1 is 1.09 bits per heavy atom. The Balaban J connectivity index is 1.49. The van der Waals surface area contributed by atoms with Crippen molar-refractivity contribution in [3.8, 4) is 17.2 Å². The molecule has 0 fully saturated rings. The predicted molar refractivity (Wildman–Crippen MR) is 111 cm³/mol. The number of fused-ring (bicyclic) bond motifs is 2. The number of nitrogens with one attached hydrogen (secondary N) is 1. The van der Waals surface area contributed by atoms with Crippen molar-refractivity contribution >= 4 is 34.3 Å². The number of amides is 1. The molecule has 1 amide bonds. The summed E-state index contributed by atoms with van der Waals surface area (Å²) >= 11 is 0. The third-order valence-electron chi connectivity index (χ3n) is 4.65. The summed E-state index contributed by atoms with van der Waals surface area (Å²) in [6.07, 6.45) is -0.174. The topological polar surface area (TPSA) is 166 Å². The Kier molecular flexibility index (Phi) is 5.25. The van der Waals surface area contributed by atoms with Crippen LogP contribution in [0.4, 0.5) is 11.4 Å². The molecular formula is C20H14N4O8. The highest BCUT2D eigenvalue weighted by molar-refractivity contribution is 5.90. The molecular weight excluding hydrogens is 424 g/mol. The van der Waals surface area contributed by atoms with Crippen LogP contribution in [0.3, 0.4) is 0 Å². The van der Waals surface area contributed by atoms with Gasteiger partial charge in [0.2, 0.25) is 11.9 Å². The number of hydrazone groups is 1. The number of phenolic OH excluding ortho intramolecular Hbond substituents is 1. The van der Waals surface area contributed by atoms with Gasteiger partial charge in [0.1, 0.15) is 6.61 Å². The van der Waals surface area contributed by atoms with Crippen LogP contribution in [0, 0.1) is 20.2 Å². The number of hydrogen-bond acceptors (Lipinski definition) is 9. The van der Waals surface area contributed by atoms with Gasteiger partial charge < -0.3 is 14.6 Å². The second kappa shape index (κ2) is 8.18. The first kappa shape index (κ1) is 20.5. The maximum atomic E-state index is 12.4. The molecule has 0 aromatic heterocycles. The first-order valence-corrected chi connectivity index (χ1v) is 9.14. The largest absolute Gasteiger partial charge is 0.502 e. The molecule has 3 aromatic carbocycles. The maximum absolute atomic E-state index is 12.4. The summed E-state index contributed by atoms with van der Waals surface area (Å²) in [6.45, 7) is -0.0831. The summed E-state index contributed by atoms with van der Waals surface area (Å²) in [5, 5.41) is 37.4. The van der Waals surface area contributed by atoms with E-state index in [0.717, 1.165) is 23.1 Å². The molecule has 0 saturated carbocycles.